The van der Waals surface area contributed by atoms with Crippen LogP contribution in [-0.2, 0) is 0 Å². The van der Waals surface area contributed by atoms with Crippen LogP contribution in [0.25, 0.3) is 10.9 Å². The molecule has 18 heavy (non-hydrogen) atoms. The molecule has 0 spiro atoms. The van der Waals surface area contributed by atoms with Gasteiger partial charge in [-0.3, -0.25) is 4.98 Å². The van der Waals surface area contributed by atoms with Gasteiger partial charge in [0.05, 0.1) is 11.1 Å². The number of benzene rings is 1. The molecule has 3 rings (SSSR count). The van der Waals surface area contributed by atoms with Crippen molar-refractivity contribution in [1.82, 2.24) is 4.98 Å². The lowest BCUT2D eigenvalue weighted by atomic mass is 9.88. The molecule has 3 nitrogen and oxygen atoms in total. The van der Waals surface area contributed by atoms with E-state index in [2.05, 4.69) is 22.9 Å². The molecule has 2 heterocycles. The number of anilines is 1. The molecule has 3 heteroatoms. The Morgan fingerprint density at radius 3 is 2.83 bits per heavy atom. The van der Waals surface area contributed by atoms with Crippen molar-refractivity contribution in [2.75, 3.05) is 18.0 Å². The summed E-state index contributed by atoms with van der Waals surface area (Å²) in [7, 11) is 0. The van der Waals surface area contributed by atoms with Gasteiger partial charge in [0.15, 0.2) is 0 Å². The van der Waals surface area contributed by atoms with Gasteiger partial charge in [-0.25, -0.2) is 0 Å². The van der Waals surface area contributed by atoms with Gasteiger partial charge < -0.3 is 10.0 Å². The van der Waals surface area contributed by atoms with E-state index in [-0.39, 0.29) is 0 Å². The van der Waals surface area contributed by atoms with Crippen LogP contribution in [0.5, 0.6) is 0 Å². The second kappa shape index (κ2) is 4.25. The Balaban J connectivity index is 1.89. The number of hydrogen-bond donors (Lipinski definition) is 1. The van der Waals surface area contributed by atoms with Gasteiger partial charge in [0, 0.05) is 30.4 Å². The summed E-state index contributed by atoms with van der Waals surface area (Å²) in [5.41, 5.74) is 1.71. The van der Waals surface area contributed by atoms with Gasteiger partial charge >= 0.3 is 0 Å². The molecule has 0 radical (unpaired) electrons. The number of aromatic nitrogens is 1. The summed E-state index contributed by atoms with van der Waals surface area (Å²) >= 11 is 0. The number of fused-ring (bicyclic) bond motifs is 1. The first kappa shape index (κ1) is 11.5. The number of pyridine rings is 1. The second-order valence-corrected chi connectivity index (χ2v) is 5.18. The fraction of sp³-hybridized carbons (Fsp3) is 0.400. The van der Waals surface area contributed by atoms with E-state index in [1.54, 1.807) is 0 Å². The van der Waals surface area contributed by atoms with Crippen LogP contribution < -0.4 is 4.90 Å². The number of β-amino-alcohol motifs (C(OH)–C–C–N with tert-alkyl or cyclic N) is 1. The van der Waals surface area contributed by atoms with Crippen LogP contribution in [0.2, 0.25) is 0 Å². The molecule has 1 aromatic heterocycles. The van der Waals surface area contributed by atoms with Crippen LogP contribution >= 0.6 is 0 Å². The van der Waals surface area contributed by atoms with Crippen molar-refractivity contribution in [2.24, 2.45) is 0 Å². The summed E-state index contributed by atoms with van der Waals surface area (Å²) in [6.45, 7) is 3.58. The standard InChI is InChI=1S/C15H18N2O/c1-2-8-15(18)10-17(11-15)14-7-9-16-13-6-4-3-5-12(13)14/h3-7,9,18H,2,8,10-11H2,1H3. The van der Waals surface area contributed by atoms with Gasteiger partial charge in [0.1, 0.15) is 0 Å². The molecular formula is C15H18N2O. The monoisotopic (exact) mass is 242 g/mol. The number of nitrogens with zero attached hydrogens (tertiary/aromatic N) is 2. The van der Waals surface area contributed by atoms with Crippen LogP contribution in [0, 0.1) is 0 Å². The third-order valence-corrected chi connectivity index (χ3v) is 3.65. The maximum atomic E-state index is 10.3. The Kier molecular flexibility index (Phi) is 2.71. The number of hydrogen-bond acceptors (Lipinski definition) is 3. The third-order valence-electron chi connectivity index (χ3n) is 3.65. The van der Waals surface area contributed by atoms with Crippen molar-refractivity contribution in [3.63, 3.8) is 0 Å². The molecule has 0 bridgehead atoms. The molecule has 1 aliphatic rings. The van der Waals surface area contributed by atoms with Crippen molar-refractivity contribution < 1.29 is 5.11 Å². The lowest BCUT2D eigenvalue weighted by molar-refractivity contribution is 0.00355. The Morgan fingerprint density at radius 1 is 1.28 bits per heavy atom. The van der Waals surface area contributed by atoms with E-state index >= 15 is 0 Å². The molecule has 0 aliphatic carbocycles. The number of rotatable bonds is 3. The zero-order valence-electron chi connectivity index (χ0n) is 10.6. The SMILES string of the molecule is CCCC1(O)CN(c2ccnc3ccccc23)C1. The van der Waals surface area contributed by atoms with E-state index in [1.807, 2.05) is 30.5 Å². The van der Waals surface area contributed by atoms with Crippen LogP contribution in [0.4, 0.5) is 5.69 Å². The summed E-state index contributed by atoms with van der Waals surface area (Å²) in [5, 5.41) is 11.4. The first-order chi connectivity index (χ1) is 8.72. The minimum absolute atomic E-state index is 0.487. The molecule has 0 amide bonds. The van der Waals surface area contributed by atoms with Crippen LogP contribution in [0.15, 0.2) is 36.5 Å². The van der Waals surface area contributed by atoms with E-state index in [1.165, 1.54) is 11.1 Å². The van der Waals surface area contributed by atoms with E-state index in [9.17, 15) is 5.11 Å². The molecule has 1 fully saturated rings. The van der Waals surface area contributed by atoms with Gasteiger partial charge in [0.2, 0.25) is 0 Å². The smallest absolute Gasteiger partial charge is 0.0995 e. The number of aliphatic hydroxyl groups is 1. The molecule has 2 aromatic rings. The normalized spacial score (nSPS) is 17.8. The highest BCUT2D eigenvalue weighted by Crippen LogP contribution is 2.34. The topological polar surface area (TPSA) is 36.4 Å². The van der Waals surface area contributed by atoms with Crippen molar-refractivity contribution >= 4 is 16.6 Å². The van der Waals surface area contributed by atoms with Crippen LogP contribution in [0.1, 0.15) is 19.8 Å². The molecule has 94 valence electrons. The van der Waals surface area contributed by atoms with E-state index in [4.69, 9.17) is 0 Å². The highest BCUT2D eigenvalue weighted by molar-refractivity contribution is 5.91. The van der Waals surface area contributed by atoms with Crippen molar-refractivity contribution in [1.29, 1.82) is 0 Å². The highest BCUT2D eigenvalue weighted by atomic mass is 16.3. The Hall–Kier alpha value is -1.61. The van der Waals surface area contributed by atoms with Gasteiger partial charge in [-0.15, -0.1) is 0 Å². The van der Waals surface area contributed by atoms with Crippen molar-refractivity contribution in [3.05, 3.63) is 36.5 Å². The van der Waals surface area contributed by atoms with E-state index in [0.717, 1.165) is 31.4 Å². The average Bonchev–Trinajstić information content (AvgIpc) is 2.35. The summed E-state index contributed by atoms with van der Waals surface area (Å²) in [4.78, 5) is 6.60. The fourth-order valence-electron chi connectivity index (χ4n) is 2.81. The predicted octanol–water partition coefficient (Wildman–Crippen LogP) is 2.59. The summed E-state index contributed by atoms with van der Waals surface area (Å²) in [5.74, 6) is 0. The molecule has 1 saturated heterocycles. The molecule has 1 aliphatic heterocycles. The predicted molar refractivity (Wildman–Crippen MR) is 73.8 cm³/mol. The van der Waals surface area contributed by atoms with E-state index < -0.39 is 5.60 Å². The Labute approximate surface area is 107 Å². The van der Waals surface area contributed by atoms with Gasteiger partial charge in [-0.05, 0) is 18.6 Å². The molecule has 0 atom stereocenters. The van der Waals surface area contributed by atoms with Gasteiger partial charge in [0.25, 0.3) is 0 Å². The zero-order chi connectivity index (χ0) is 12.6. The minimum Gasteiger partial charge on any atom is -0.386 e. The Morgan fingerprint density at radius 2 is 2.06 bits per heavy atom. The molecule has 1 N–H and O–H groups in total. The maximum Gasteiger partial charge on any atom is 0.0995 e. The molecule has 0 unspecified atom stereocenters. The Bertz CT molecular complexity index is 556. The quantitative estimate of drug-likeness (QED) is 0.898. The second-order valence-electron chi connectivity index (χ2n) is 5.18. The van der Waals surface area contributed by atoms with Crippen LogP contribution in [-0.4, -0.2) is 28.8 Å². The lowest BCUT2D eigenvalue weighted by Gasteiger charge is -2.48. The maximum absolute atomic E-state index is 10.3. The van der Waals surface area contributed by atoms with Crippen LogP contribution in [0.3, 0.4) is 0 Å². The molecule has 0 saturated carbocycles. The van der Waals surface area contributed by atoms with Gasteiger partial charge in [-0.2, -0.15) is 0 Å². The molecular weight excluding hydrogens is 224 g/mol. The average molecular weight is 242 g/mol. The first-order valence-corrected chi connectivity index (χ1v) is 6.53. The lowest BCUT2D eigenvalue weighted by Crippen LogP contribution is -2.62. The fourth-order valence-corrected chi connectivity index (χ4v) is 2.81. The first-order valence-electron chi connectivity index (χ1n) is 6.53. The summed E-state index contributed by atoms with van der Waals surface area (Å²) < 4.78 is 0. The number of para-hydroxylation sites is 1. The van der Waals surface area contributed by atoms with Gasteiger partial charge in [-0.1, -0.05) is 31.5 Å². The minimum atomic E-state index is -0.487. The van der Waals surface area contributed by atoms with E-state index in [0.29, 0.717) is 0 Å². The highest BCUT2D eigenvalue weighted by Gasteiger charge is 2.40. The zero-order valence-corrected chi connectivity index (χ0v) is 10.6. The molecule has 1 aromatic carbocycles. The largest absolute Gasteiger partial charge is 0.386 e. The summed E-state index contributed by atoms with van der Waals surface area (Å²) in [6.07, 6.45) is 3.75. The third kappa shape index (κ3) is 1.85. The summed E-state index contributed by atoms with van der Waals surface area (Å²) in [6, 6.07) is 10.2. The van der Waals surface area contributed by atoms with Crippen molar-refractivity contribution in [3.8, 4) is 0 Å². The van der Waals surface area contributed by atoms with Crippen molar-refractivity contribution in [2.45, 2.75) is 25.4 Å².